The van der Waals surface area contributed by atoms with Crippen molar-refractivity contribution in [1.82, 2.24) is 30.0 Å². The van der Waals surface area contributed by atoms with Gasteiger partial charge >= 0.3 is 12.1 Å². The number of fused-ring (bicyclic) bond motifs is 1. The molecule has 2 aliphatic rings. The number of rotatable bonds is 5. The number of imidazole rings is 1. The van der Waals surface area contributed by atoms with Gasteiger partial charge in [0.1, 0.15) is 23.7 Å². The molecule has 0 radical (unpaired) electrons. The maximum Gasteiger partial charge on any atom is 0.407 e. The highest BCUT2D eigenvalue weighted by Crippen LogP contribution is 2.32. The van der Waals surface area contributed by atoms with Crippen LogP contribution in [-0.2, 0) is 22.6 Å². The van der Waals surface area contributed by atoms with Crippen LogP contribution >= 0.6 is 15.9 Å². The van der Waals surface area contributed by atoms with Crippen molar-refractivity contribution >= 4 is 34.0 Å². The number of aromatic nitrogens is 2. The number of nitrogens with one attached hydrogen (secondary N) is 2. The molecule has 210 valence electrons. The lowest BCUT2D eigenvalue weighted by Crippen LogP contribution is -2.52. The average molecular weight is 613 g/mol. The van der Waals surface area contributed by atoms with Gasteiger partial charge in [-0.2, -0.15) is 0 Å². The number of ether oxygens (including phenoxy) is 1. The zero-order valence-electron chi connectivity index (χ0n) is 22.4. The van der Waals surface area contributed by atoms with Gasteiger partial charge in [0, 0.05) is 28.3 Å². The minimum atomic E-state index is -0.879. The molecular weight excluding hydrogens is 583 g/mol. The third-order valence-electron chi connectivity index (χ3n) is 7.29. The van der Waals surface area contributed by atoms with Crippen molar-refractivity contribution in [3.63, 3.8) is 0 Å². The average Bonchev–Trinajstić information content (AvgIpc) is 3.69. The molecule has 2 N–H and O–H groups in total. The van der Waals surface area contributed by atoms with Crippen molar-refractivity contribution < 1.29 is 23.5 Å². The minimum Gasteiger partial charge on any atom is -0.453 e. The van der Waals surface area contributed by atoms with Crippen molar-refractivity contribution in [1.29, 1.82) is 0 Å². The van der Waals surface area contributed by atoms with Crippen LogP contribution in [0, 0.1) is 11.7 Å². The Balaban J connectivity index is 1.43. The number of aromatic amines is 1. The van der Waals surface area contributed by atoms with E-state index < -0.39 is 18.2 Å². The molecule has 40 heavy (non-hydrogen) atoms. The van der Waals surface area contributed by atoms with Crippen LogP contribution in [-0.4, -0.2) is 69.1 Å². The summed E-state index contributed by atoms with van der Waals surface area (Å²) in [5.41, 5.74) is 2.85. The summed E-state index contributed by atoms with van der Waals surface area (Å²) in [5.74, 6) is -0.437. The molecular formula is C28H30BrFN6O4. The first-order valence-electron chi connectivity index (χ1n) is 12.9. The van der Waals surface area contributed by atoms with Gasteiger partial charge in [-0.05, 0) is 29.7 Å². The highest BCUT2D eigenvalue weighted by atomic mass is 79.9. The van der Waals surface area contributed by atoms with Crippen molar-refractivity contribution in [2.75, 3.05) is 20.3 Å². The molecule has 0 spiro atoms. The normalized spacial score (nSPS) is 17.2. The van der Waals surface area contributed by atoms with Gasteiger partial charge < -0.3 is 29.7 Å². The minimum absolute atomic E-state index is 0.0158. The molecule has 4 amide bonds. The summed E-state index contributed by atoms with van der Waals surface area (Å²) < 4.78 is 20.0. The number of alkyl carbamates (subject to hydrolysis) is 1. The fourth-order valence-corrected chi connectivity index (χ4v) is 5.38. The number of carbonyl (C=O) groups is 3. The van der Waals surface area contributed by atoms with Crippen LogP contribution in [0.2, 0.25) is 0 Å². The first-order valence-corrected chi connectivity index (χ1v) is 13.7. The predicted molar refractivity (Wildman–Crippen MR) is 148 cm³/mol. The van der Waals surface area contributed by atoms with Crippen molar-refractivity contribution in [2.24, 2.45) is 5.92 Å². The van der Waals surface area contributed by atoms with E-state index in [1.807, 2.05) is 44.2 Å². The molecule has 2 aliphatic heterocycles. The van der Waals surface area contributed by atoms with E-state index in [9.17, 15) is 18.8 Å². The summed E-state index contributed by atoms with van der Waals surface area (Å²) >= 11 is 3.44. The van der Waals surface area contributed by atoms with E-state index in [-0.39, 0.29) is 50.0 Å². The highest BCUT2D eigenvalue weighted by molar-refractivity contribution is 9.10. The van der Waals surface area contributed by atoms with Gasteiger partial charge in [-0.25, -0.2) is 19.0 Å². The number of hydrogen-bond donors (Lipinski definition) is 2. The van der Waals surface area contributed by atoms with Gasteiger partial charge in [-0.1, -0.05) is 54.0 Å². The molecule has 10 nitrogen and oxygen atoms in total. The Labute approximate surface area is 239 Å². The number of nitrogens with zero attached hydrogens (tertiary/aromatic N) is 4. The van der Waals surface area contributed by atoms with Gasteiger partial charge in [0.05, 0.1) is 32.6 Å². The second kappa shape index (κ2) is 11.3. The molecule has 1 saturated heterocycles. The van der Waals surface area contributed by atoms with Crippen molar-refractivity contribution in [3.8, 4) is 11.3 Å². The maximum absolute atomic E-state index is 14.4. The lowest BCUT2D eigenvalue weighted by atomic mass is 10.0. The standard InChI is InChI=1S/C28H30BrFN6O4/c1-16(2)24(33-27(38)40-3)26(37)36-15-35(28(39)34-12-18-5-4-6-21(30)20(18)13-34)14-23(36)25-31-11-22(32-25)17-7-9-19(29)10-8-17/h4-11,16,23-24H,12-15H2,1-3H3,(H,31,32)(H,33,38)/t23-,24?/m0/s1. The first-order chi connectivity index (χ1) is 19.2. The number of hydrogen-bond acceptors (Lipinski definition) is 5. The molecule has 0 aliphatic carbocycles. The van der Waals surface area contributed by atoms with E-state index in [1.54, 1.807) is 27.0 Å². The zero-order chi connectivity index (χ0) is 28.6. The Hall–Kier alpha value is -3.93. The number of halogens is 2. The molecule has 0 saturated carbocycles. The van der Waals surface area contributed by atoms with Crippen LogP contribution in [0.15, 0.2) is 53.1 Å². The van der Waals surface area contributed by atoms with E-state index in [0.717, 1.165) is 15.6 Å². The number of amides is 4. The van der Waals surface area contributed by atoms with Crippen LogP contribution in [0.3, 0.4) is 0 Å². The summed E-state index contributed by atoms with van der Waals surface area (Å²) in [6, 6.07) is 10.7. The van der Waals surface area contributed by atoms with Crippen molar-refractivity contribution in [2.45, 2.75) is 39.0 Å². The lowest BCUT2D eigenvalue weighted by molar-refractivity contribution is -0.135. The second-order valence-electron chi connectivity index (χ2n) is 10.2. The van der Waals surface area contributed by atoms with Crippen LogP contribution in [0.25, 0.3) is 11.3 Å². The number of methoxy groups -OCH3 is 1. The lowest BCUT2D eigenvalue weighted by Gasteiger charge is -2.29. The van der Waals surface area contributed by atoms with Crippen LogP contribution in [0.1, 0.15) is 36.8 Å². The Morgan fingerprint density at radius 3 is 2.55 bits per heavy atom. The third kappa shape index (κ3) is 5.40. The van der Waals surface area contributed by atoms with Gasteiger partial charge in [-0.3, -0.25) is 4.79 Å². The molecule has 1 aromatic heterocycles. The number of urea groups is 1. The summed E-state index contributed by atoms with van der Waals surface area (Å²) in [4.78, 5) is 52.1. The Morgan fingerprint density at radius 2 is 1.88 bits per heavy atom. The molecule has 1 fully saturated rings. The number of H-pyrrole nitrogens is 1. The number of benzene rings is 2. The molecule has 5 rings (SSSR count). The topological polar surface area (TPSA) is 111 Å². The Bertz CT molecular complexity index is 1430. The van der Waals surface area contributed by atoms with E-state index in [2.05, 4.69) is 26.2 Å². The molecule has 12 heteroatoms. The van der Waals surface area contributed by atoms with Crippen LogP contribution < -0.4 is 5.32 Å². The fraction of sp³-hybridized carbons (Fsp3) is 0.357. The van der Waals surface area contributed by atoms with Gasteiger partial charge in [-0.15, -0.1) is 0 Å². The SMILES string of the molecule is COC(=O)NC(C(=O)N1CN(C(=O)N2Cc3cccc(F)c3C2)C[C@H]1c1nc(-c2ccc(Br)cc2)c[nH]1)C(C)C. The quantitative estimate of drug-likeness (QED) is 0.436. The summed E-state index contributed by atoms with van der Waals surface area (Å²) in [6.45, 7) is 4.24. The summed E-state index contributed by atoms with van der Waals surface area (Å²) in [7, 11) is 1.24. The molecule has 0 bridgehead atoms. The van der Waals surface area contributed by atoms with Gasteiger partial charge in [0.2, 0.25) is 5.91 Å². The molecule has 3 aromatic rings. The molecule has 1 unspecified atom stereocenters. The van der Waals surface area contributed by atoms with Crippen LogP contribution in [0.4, 0.5) is 14.0 Å². The maximum atomic E-state index is 14.4. The first kappa shape index (κ1) is 27.6. The van der Waals surface area contributed by atoms with E-state index in [1.165, 1.54) is 13.2 Å². The Kier molecular flexibility index (Phi) is 7.79. The highest BCUT2D eigenvalue weighted by Gasteiger charge is 2.43. The zero-order valence-corrected chi connectivity index (χ0v) is 23.9. The smallest absolute Gasteiger partial charge is 0.407 e. The van der Waals surface area contributed by atoms with Gasteiger partial charge in [0.25, 0.3) is 0 Å². The summed E-state index contributed by atoms with van der Waals surface area (Å²) in [6.07, 6.45) is 1.04. The van der Waals surface area contributed by atoms with E-state index in [0.29, 0.717) is 17.1 Å². The van der Waals surface area contributed by atoms with Crippen LogP contribution in [0.5, 0.6) is 0 Å². The Morgan fingerprint density at radius 1 is 1.12 bits per heavy atom. The van der Waals surface area contributed by atoms with Crippen molar-refractivity contribution in [3.05, 3.63) is 75.9 Å². The third-order valence-corrected chi connectivity index (χ3v) is 7.82. The molecule has 2 atom stereocenters. The van der Waals surface area contributed by atoms with E-state index >= 15 is 0 Å². The largest absolute Gasteiger partial charge is 0.453 e. The summed E-state index contributed by atoms with van der Waals surface area (Å²) in [5, 5.41) is 2.63. The molecule has 2 aromatic carbocycles. The van der Waals surface area contributed by atoms with E-state index in [4.69, 9.17) is 9.72 Å². The molecule has 3 heterocycles. The predicted octanol–water partition coefficient (Wildman–Crippen LogP) is 4.64. The monoisotopic (exact) mass is 612 g/mol. The number of carbonyl (C=O) groups excluding carboxylic acids is 3. The van der Waals surface area contributed by atoms with Gasteiger partial charge in [0.15, 0.2) is 0 Å². The second-order valence-corrected chi connectivity index (χ2v) is 11.2. The fourth-order valence-electron chi connectivity index (χ4n) is 5.11.